The van der Waals surface area contributed by atoms with Crippen LogP contribution in [0, 0.1) is 5.92 Å². The van der Waals surface area contributed by atoms with Crippen molar-refractivity contribution in [3.05, 3.63) is 48.5 Å². The van der Waals surface area contributed by atoms with Gasteiger partial charge in [0.15, 0.2) is 0 Å². The molecule has 0 aromatic heterocycles. The Hall–Kier alpha value is -2.14. The third-order valence-corrected chi connectivity index (χ3v) is 5.78. The van der Waals surface area contributed by atoms with Gasteiger partial charge in [0.25, 0.3) is 0 Å². The molecular weight excluding hydrogens is 344 g/mol. The molecule has 0 bridgehead atoms. The Morgan fingerprint density at radius 3 is 2.46 bits per heavy atom. The number of hydrogen-bond acceptors (Lipinski definition) is 4. The zero-order valence-corrected chi connectivity index (χ0v) is 16.4. The summed E-state index contributed by atoms with van der Waals surface area (Å²) in [6.45, 7) is 6.43. The second-order valence-corrected chi connectivity index (χ2v) is 8.23. The van der Waals surface area contributed by atoms with Gasteiger partial charge in [0, 0.05) is 29.4 Å². The van der Waals surface area contributed by atoms with E-state index in [4.69, 9.17) is 4.74 Å². The Morgan fingerprint density at radius 2 is 1.88 bits per heavy atom. The summed E-state index contributed by atoms with van der Waals surface area (Å²) in [6.07, 6.45) is 1.25. The highest BCUT2D eigenvalue weighted by Gasteiger charge is 2.19. The van der Waals surface area contributed by atoms with Gasteiger partial charge in [-0.25, -0.2) is 0 Å². The number of thioether (sulfide) groups is 1. The molecule has 4 nitrogen and oxygen atoms in total. The van der Waals surface area contributed by atoms with Crippen LogP contribution < -0.4 is 15.0 Å². The van der Waals surface area contributed by atoms with Crippen molar-refractivity contribution in [1.29, 1.82) is 0 Å². The van der Waals surface area contributed by atoms with Gasteiger partial charge < -0.3 is 15.0 Å². The van der Waals surface area contributed by atoms with Crippen LogP contribution in [0.15, 0.2) is 53.4 Å². The van der Waals surface area contributed by atoms with Crippen molar-refractivity contribution in [1.82, 2.24) is 0 Å². The Kier molecular flexibility index (Phi) is 6.09. The summed E-state index contributed by atoms with van der Waals surface area (Å²) in [7, 11) is 1.65. The lowest BCUT2D eigenvalue weighted by Crippen LogP contribution is -2.22. The van der Waals surface area contributed by atoms with Gasteiger partial charge in [-0.05, 0) is 67.8 Å². The smallest absolute Gasteiger partial charge is 0.237 e. The van der Waals surface area contributed by atoms with E-state index in [0.29, 0.717) is 0 Å². The Bertz CT molecular complexity index is 731. The summed E-state index contributed by atoms with van der Waals surface area (Å²) in [5.41, 5.74) is 2.07. The van der Waals surface area contributed by atoms with Gasteiger partial charge in [-0.15, -0.1) is 11.8 Å². The van der Waals surface area contributed by atoms with E-state index in [9.17, 15) is 4.79 Å². The fourth-order valence-electron chi connectivity index (χ4n) is 3.08. The average molecular weight is 371 g/mol. The highest BCUT2D eigenvalue weighted by atomic mass is 32.2. The fraction of sp³-hybridized carbons (Fsp3) is 0.381. The van der Waals surface area contributed by atoms with Gasteiger partial charge in [-0.3, -0.25) is 4.79 Å². The molecule has 1 aliphatic rings. The van der Waals surface area contributed by atoms with Crippen molar-refractivity contribution < 1.29 is 9.53 Å². The molecule has 0 radical (unpaired) electrons. The molecule has 0 spiro atoms. The minimum Gasteiger partial charge on any atom is -0.497 e. The third kappa shape index (κ3) is 4.73. The van der Waals surface area contributed by atoms with Crippen LogP contribution in [0.5, 0.6) is 5.75 Å². The molecule has 5 heteroatoms. The van der Waals surface area contributed by atoms with Crippen LogP contribution in [0.4, 0.5) is 11.4 Å². The molecule has 2 aromatic carbocycles. The van der Waals surface area contributed by atoms with E-state index in [0.717, 1.165) is 35.3 Å². The van der Waals surface area contributed by atoms with Crippen LogP contribution in [-0.2, 0) is 4.79 Å². The molecule has 1 N–H and O–H groups in total. The number of carbonyl (C=O) groups is 1. The number of anilines is 2. The van der Waals surface area contributed by atoms with E-state index in [1.54, 1.807) is 7.11 Å². The van der Waals surface area contributed by atoms with Crippen LogP contribution >= 0.6 is 11.8 Å². The van der Waals surface area contributed by atoms with Crippen molar-refractivity contribution in [3.63, 3.8) is 0 Å². The van der Waals surface area contributed by atoms with E-state index in [2.05, 4.69) is 29.3 Å². The van der Waals surface area contributed by atoms with Crippen molar-refractivity contribution >= 4 is 29.0 Å². The Morgan fingerprint density at radius 1 is 1.19 bits per heavy atom. The standard InChI is InChI=1S/C21H26N2O2S/c1-15-12-13-23(14-15)18-6-4-17(5-7-18)22-21(24)16(2)26-20-10-8-19(25-3)9-11-20/h4-11,15-16H,12-14H2,1-3H3,(H,22,24). The highest BCUT2D eigenvalue weighted by molar-refractivity contribution is 8.00. The summed E-state index contributed by atoms with van der Waals surface area (Å²) in [5.74, 6) is 1.58. The summed E-state index contributed by atoms with van der Waals surface area (Å²) in [6, 6.07) is 15.9. The van der Waals surface area contributed by atoms with Gasteiger partial charge in [0.1, 0.15) is 5.75 Å². The maximum atomic E-state index is 12.5. The molecule has 2 aromatic rings. The largest absolute Gasteiger partial charge is 0.497 e. The monoisotopic (exact) mass is 370 g/mol. The predicted molar refractivity (Wildman–Crippen MR) is 109 cm³/mol. The lowest BCUT2D eigenvalue weighted by atomic mass is 10.2. The number of amides is 1. The Labute approximate surface area is 159 Å². The molecule has 1 heterocycles. The topological polar surface area (TPSA) is 41.6 Å². The highest BCUT2D eigenvalue weighted by Crippen LogP contribution is 2.27. The first-order chi connectivity index (χ1) is 12.5. The Balaban J connectivity index is 1.54. The summed E-state index contributed by atoms with van der Waals surface area (Å²) >= 11 is 1.54. The molecule has 26 heavy (non-hydrogen) atoms. The molecule has 2 atom stereocenters. The fourth-order valence-corrected chi connectivity index (χ4v) is 3.95. The van der Waals surface area contributed by atoms with E-state index in [1.165, 1.54) is 23.9 Å². The number of benzene rings is 2. The maximum Gasteiger partial charge on any atom is 0.237 e. The molecule has 1 saturated heterocycles. The zero-order chi connectivity index (χ0) is 18.5. The molecule has 1 amide bonds. The maximum absolute atomic E-state index is 12.5. The molecule has 1 fully saturated rings. The van der Waals surface area contributed by atoms with Crippen LogP contribution in [-0.4, -0.2) is 31.4 Å². The van der Waals surface area contributed by atoms with Crippen molar-refractivity contribution in [2.75, 3.05) is 30.4 Å². The number of ether oxygens (including phenoxy) is 1. The van der Waals surface area contributed by atoms with Gasteiger partial charge in [-0.1, -0.05) is 6.92 Å². The molecule has 1 aliphatic heterocycles. The predicted octanol–water partition coefficient (Wildman–Crippen LogP) is 4.66. The molecule has 2 unspecified atom stereocenters. The number of carbonyl (C=O) groups excluding carboxylic acids is 1. The van der Waals surface area contributed by atoms with Crippen LogP contribution in [0.25, 0.3) is 0 Å². The van der Waals surface area contributed by atoms with Crippen LogP contribution in [0.1, 0.15) is 20.3 Å². The quantitative estimate of drug-likeness (QED) is 0.751. The molecule has 0 saturated carbocycles. The van der Waals surface area contributed by atoms with E-state index in [-0.39, 0.29) is 11.2 Å². The zero-order valence-electron chi connectivity index (χ0n) is 15.6. The minimum absolute atomic E-state index is 0.00774. The second kappa shape index (κ2) is 8.49. The summed E-state index contributed by atoms with van der Waals surface area (Å²) in [5, 5.41) is 2.83. The van der Waals surface area contributed by atoms with Crippen LogP contribution in [0.3, 0.4) is 0 Å². The average Bonchev–Trinajstić information content (AvgIpc) is 3.09. The van der Waals surface area contributed by atoms with Gasteiger partial charge in [0.2, 0.25) is 5.91 Å². The number of hydrogen-bond donors (Lipinski definition) is 1. The van der Waals surface area contributed by atoms with E-state index in [1.807, 2.05) is 43.3 Å². The number of methoxy groups -OCH3 is 1. The first-order valence-corrected chi connectivity index (χ1v) is 9.89. The lowest BCUT2D eigenvalue weighted by Gasteiger charge is -2.19. The summed E-state index contributed by atoms with van der Waals surface area (Å²) in [4.78, 5) is 15.9. The first kappa shape index (κ1) is 18.6. The van der Waals surface area contributed by atoms with Gasteiger partial charge in [-0.2, -0.15) is 0 Å². The third-order valence-electron chi connectivity index (χ3n) is 4.67. The number of nitrogens with zero attached hydrogens (tertiary/aromatic N) is 1. The van der Waals surface area contributed by atoms with Gasteiger partial charge in [0.05, 0.1) is 12.4 Å². The lowest BCUT2D eigenvalue weighted by molar-refractivity contribution is -0.115. The number of nitrogens with one attached hydrogen (secondary N) is 1. The molecule has 3 rings (SSSR count). The van der Waals surface area contributed by atoms with Gasteiger partial charge >= 0.3 is 0 Å². The first-order valence-electron chi connectivity index (χ1n) is 9.01. The normalized spacial score (nSPS) is 17.8. The molecule has 138 valence electrons. The minimum atomic E-state index is -0.178. The van der Waals surface area contributed by atoms with Crippen LogP contribution in [0.2, 0.25) is 0 Å². The number of rotatable bonds is 6. The SMILES string of the molecule is COc1ccc(SC(C)C(=O)Nc2ccc(N3CCC(C)C3)cc2)cc1. The van der Waals surface area contributed by atoms with Crippen molar-refractivity contribution in [2.24, 2.45) is 5.92 Å². The summed E-state index contributed by atoms with van der Waals surface area (Å²) < 4.78 is 5.16. The van der Waals surface area contributed by atoms with E-state index < -0.39 is 0 Å². The second-order valence-electron chi connectivity index (χ2n) is 6.81. The van der Waals surface area contributed by atoms with Crippen molar-refractivity contribution in [3.8, 4) is 5.75 Å². The van der Waals surface area contributed by atoms with E-state index >= 15 is 0 Å². The molecule has 0 aliphatic carbocycles. The van der Waals surface area contributed by atoms with Crippen molar-refractivity contribution in [2.45, 2.75) is 30.4 Å². The molecular formula is C21H26N2O2S.